The Labute approximate surface area is 158 Å². The van der Waals surface area contributed by atoms with Gasteiger partial charge in [0, 0.05) is 5.39 Å². The average molecular weight is 355 g/mol. The maximum atomic E-state index is 6.54. The van der Waals surface area contributed by atoms with Crippen molar-refractivity contribution in [1.29, 1.82) is 0 Å². The SMILES string of the molecule is Cc1cc2ncnc([C@H](N)c3ccc(Oc4ccccc4)cc3)c2cc1C. The zero-order chi connectivity index (χ0) is 18.8. The van der Waals surface area contributed by atoms with Crippen molar-refractivity contribution >= 4 is 10.9 Å². The third kappa shape index (κ3) is 3.52. The summed E-state index contributed by atoms with van der Waals surface area (Å²) in [4.78, 5) is 8.87. The first-order chi connectivity index (χ1) is 13.1. The van der Waals surface area contributed by atoms with E-state index in [-0.39, 0.29) is 6.04 Å². The number of nitrogens with two attached hydrogens (primary N) is 1. The Morgan fingerprint density at radius 1 is 0.815 bits per heavy atom. The largest absolute Gasteiger partial charge is 0.457 e. The van der Waals surface area contributed by atoms with E-state index in [2.05, 4.69) is 35.9 Å². The first-order valence-corrected chi connectivity index (χ1v) is 8.92. The molecular formula is C23H21N3O. The summed E-state index contributed by atoms with van der Waals surface area (Å²) in [7, 11) is 0. The maximum absolute atomic E-state index is 6.54. The highest BCUT2D eigenvalue weighted by atomic mass is 16.5. The molecule has 3 aromatic carbocycles. The van der Waals surface area contributed by atoms with Crippen molar-refractivity contribution < 1.29 is 4.74 Å². The monoisotopic (exact) mass is 355 g/mol. The lowest BCUT2D eigenvalue weighted by molar-refractivity contribution is 0.482. The highest BCUT2D eigenvalue weighted by Gasteiger charge is 2.15. The number of ether oxygens (including phenoxy) is 1. The van der Waals surface area contributed by atoms with Crippen molar-refractivity contribution in [3.63, 3.8) is 0 Å². The molecule has 0 amide bonds. The van der Waals surface area contributed by atoms with Crippen LogP contribution in [0.25, 0.3) is 10.9 Å². The molecule has 4 aromatic rings. The second-order valence-corrected chi connectivity index (χ2v) is 6.67. The quantitative estimate of drug-likeness (QED) is 0.554. The van der Waals surface area contributed by atoms with Crippen molar-refractivity contribution in [3.05, 3.63) is 95.4 Å². The Hall–Kier alpha value is -3.24. The molecule has 0 aliphatic rings. The molecule has 0 bridgehead atoms. The predicted octanol–water partition coefficient (Wildman–Crippen LogP) is 5.09. The Morgan fingerprint density at radius 2 is 1.48 bits per heavy atom. The van der Waals surface area contributed by atoms with Crippen LogP contribution in [0, 0.1) is 13.8 Å². The minimum Gasteiger partial charge on any atom is -0.457 e. The summed E-state index contributed by atoms with van der Waals surface area (Å²) in [5.74, 6) is 1.58. The third-order valence-corrected chi connectivity index (χ3v) is 4.79. The van der Waals surface area contributed by atoms with Crippen molar-refractivity contribution in [2.45, 2.75) is 19.9 Å². The number of nitrogens with zero attached hydrogens (tertiary/aromatic N) is 2. The second kappa shape index (κ2) is 7.17. The average Bonchev–Trinajstić information content (AvgIpc) is 2.69. The molecule has 4 heteroatoms. The molecule has 4 nitrogen and oxygen atoms in total. The predicted molar refractivity (Wildman–Crippen MR) is 108 cm³/mol. The first-order valence-electron chi connectivity index (χ1n) is 8.92. The van der Waals surface area contributed by atoms with Crippen LogP contribution in [0.5, 0.6) is 11.5 Å². The number of hydrogen-bond acceptors (Lipinski definition) is 4. The van der Waals surface area contributed by atoms with E-state index in [1.807, 2.05) is 54.6 Å². The highest BCUT2D eigenvalue weighted by Crippen LogP contribution is 2.28. The van der Waals surface area contributed by atoms with Gasteiger partial charge in [-0.25, -0.2) is 9.97 Å². The van der Waals surface area contributed by atoms with Crippen LogP contribution in [-0.4, -0.2) is 9.97 Å². The fourth-order valence-electron chi connectivity index (χ4n) is 3.11. The van der Waals surface area contributed by atoms with Gasteiger partial charge in [-0.2, -0.15) is 0 Å². The van der Waals surface area contributed by atoms with Gasteiger partial charge in [-0.3, -0.25) is 0 Å². The van der Waals surface area contributed by atoms with Gasteiger partial charge >= 0.3 is 0 Å². The van der Waals surface area contributed by atoms with Crippen molar-refractivity contribution in [1.82, 2.24) is 9.97 Å². The van der Waals surface area contributed by atoms with Crippen LogP contribution in [-0.2, 0) is 0 Å². The zero-order valence-corrected chi connectivity index (χ0v) is 15.4. The van der Waals surface area contributed by atoms with Gasteiger partial charge < -0.3 is 10.5 Å². The topological polar surface area (TPSA) is 61.0 Å². The molecule has 0 aliphatic heterocycles. The molecule has 0 saturated heterocycles. The third-order valence-electron chi connectivity index (χ3n) is 4.79. The summed E-state index contributed by atoms with van der Waals surface area (Å²) in [5.41, 5.74) is 11.7. The summed E-state index contributed by atoms with van der Waals surface area (Å²) < 4.78 is 5.85. The molecule has 0 fully saturated rings. The number of benzene rings is 3. The van der Waals surface area contributed by atoms with E-state index in [0.717, 1.165) is 33.7 Å². The smallest absolute Gasteiger partial charge is 0.127 e. The molecule has 1 aromatic heterocycles. The number of fused-ring (bicyclic) bond motifs is 1. The second-order valence-electron chi connectivity index (χ2n) is 6.67. The van der Waals surface area contributed by atoms with Gasteiger partial charge in [0.25, 0.3) is 0 Å². The Morgan fingerprint density at radius 3 is 2.22 bits per heavy atom. The molecule has 0 aliphatic carbocycles. The molecule has 1 atom stereocenters. The summed E-state index contributed by atoms with van der Waals surface area (Å²) in [5, 5.41) is 0.998. The number of hydrogen-bond donors (Lipinski definition) is 1. The molecule has 2 N–H and O–H groups in total. The molecule has 0 saturated carbocycles. The lowest BCUT2D eigenvalue weighted by Crippen LogP contribution is -2.14. The molecule has 27 heavy (non-hydrogen) atoms. The maximum Gasteiger partial charge on any atom is 0.127 e. The molecule has 134 valence electrons. The lowest BCUT2D eigenvalue weighted by atomic mass is 9.98. The number of rotatable bonds is 4. The summed E-state index contributed by atoms with van der Waals surface area (Å²) in [6, 6.07) is 21.4. The van der Waals surface area contributed by atoms with E-state index < -0.39 is 0 Å². The Bertz CT molecular complexity index is 1080. The Kier molecular flexibility index (Phi) is 4.57. The van der Waals surface area contributed by atoms with Gasteiger partial charge in [0.1, 0.15) is 17.8 Å². The van der Waals surface area contributed by atoms with E-state index in [4.69, 9.17) is 10.5 Å². The van der Waals surface area contributed by atoms with E-state index in [9.17, 15) is 0 Å². The molecule has 1 heterocycles. The molecular weight excluding hydrogens is 334 g/mol. The van der Waals surface area contributed by atoms with Gasteiger partial charge in [-0.1, -0.05) is 30.3 Å². The van der Waals surface area contributed by atoms with Crippen LogP contribution in [0.15, 0.2) is 73.1 Å². The highest BCUT2D eigenvalue weighted by molar-refractivity contribution is 5.83. The van der Waals surface area contributed by atoms with Crippen molar-refractivity contribution in [2.75, 3.05) is 0 Å². The van der Waals surface area contributed by atoms with Crippen LogP contribution in [0.2, 0.25) is 0 Å². The molecule has 0 unspecified atom stereocenters. The van der Waals surface area contributed by atoms with Gasteiger partial charge in [0.15, 0.2) is 0 Å². The van der Waals surface area contributed by atoms with Crippen molar-refractivity contribution in [2.24, 2.45) is 5.73 Å². The van der Waals surface area contributed by atoms with Crippen molar-refractivity contribution in [3.8, 4) is 11.5 Å². The lowest BCUT2D eigenvalue weighted by Gasteiger charge is -2.15. The minimum atomic E-state index is -0.330. The van der Waals surface area contributed by atoms with Crippen LogP contribution in [0.1, 0.15) is 28.4 Å². The van der Waals surface area contributed by atoms with E-state index in [0.29, 0.717) is 0 Å². The number of para-hydroxylation sites is 1. The van der Waals surface area contributed by atoms with E-state index in [1.165, 1.54) is 11.1 Å². The fourth-order valence-corrected chi connectivity index (χ4v) is 3.11. The van der Waals surface area contributed by atoms with Gasteiger partial charge in [0.2, 0.25) is 0 Å². The molecule has 4 rings (SSSR count). The Balaban J connectivity index is 1.64. The van der Waals surface area contributed by atoms with Gasteiger partial charge in [0.05, 0.1) is 17.3 Å². The fraction of sp³-hybridized carbons (Fsp3) is 0.130. The van der Waals surface area contributed by atoms with E-state index >= 15 is 0 Å². The normalized spacial score (nSPS) is 12.1. The zero-order valence-electron chi connectivity index (χ0n) is 15.4. The standard InChI is InChI=1S/C23H21N3O/c1-15-12-20-21(13-16(15)2)25-14-26-23(20)22(24)17-8-10-19(11-9-17)27-18-6-4-3-5-7-18/h3-14,22H,24H2,1-2H3/t22-/m1/s1. The first kappa shape index (κ1) is 17.2. The summed E-state index contributed by atoms with van der Waals surface area (Å²) in [6.07, 6.45) is 1.58. The number of aryl methyl sites for hydroxylation is 2. The van der Waals surface area contributed by atoms with Crippen LogP contribution in [0.3, 0.4) is 0 Å². The molecule has 0 radical (unpaired) electrons. The number of aromatic nitrogens is 2. The van der Waals surface area contributed by atoms with Crippen LogP contribution >= 0.6 is 0 Å². The minimum absolute atomic E-state index is 0.330. The van der Waals surface area contributed by atoms with Crippen LogP contribution < -0.4 is 10.5 Å². The van der Waals surface area contributed by atoms with Crippen LogP contribution in [0.4, 0.5) is 0 Å². The summed E-state index contributed by atoms with van der Waals surface area (Å²) in [6.45, 7) is 4.18. The van der Waals surface area contributed by atoms with Gasteiger partial charge in [-0.15, -0.1) is 0 Å². The summed E-state index contributed by atoms with van der Waals surface area (Å²) >= 11 is 0. The molecule has 0 spiro atoms. The van der Waals surface area contributed by atoms with E-state index in [1.54, 1.807) is 6.33 Å². The van der Waals surface area contributed by atoms with Gasteiger partial charge in [-0.05, 0) is 66.9 Å².